The van der Waals surface area contributed by atoms with Gasteiger partial charge in [0.1, 0.15) is 0 Å². The quantitative estimate of drug-likeness (QED) is 0.583. The van der Waals surface area contributed by atoms with E-state index >= 15 is 0 Å². The van der Waals surface area contributed by atoms with Crippen molar-refractivity contribution < 1.29 is 9.59 Å². The number of carbonyl (C=O) groups is 2. The van der Waals surface area contributed by atoms with Gasteiger partial charge in [-0.1, -0.05) is 95.3 Å². The van der Waals surface area contributed by atoms with Gasteiger partial charge in [0.05, 0.1) is 5.92 Å². The Labute approximate surface area is 183 Å². The van der Waals surface area contributed by atoms with E-state index in [1.54, 1.807) is 27.9 Å². The van der Waals surface area contributed by atoms with Crippen LogP contribution in [0.3, 0.4) is 0 Å². The summed E-state index contributed by atoms with van der Waals surface area (Å²) < 4.78 is 0. The van der Waals surface area contributed by atoms with E-state index in [9.17, 15) is 9.59 Å². The number of carbonyl (C=O) groups excluding carboxylic acids is 2. The molecule has 0 aliphatic rings. The zero-order chi connectivity index (χ0) is 23.5. The molecule has 4 heteroatoms. The fraction of sp³-hybridized carbons (Fsp3) is 0.385. The normalized spacial score (nSPS) is 9.73. The van der Waals surface area contributed by atoms with Crippen LogP contribution in [0.1, 0.15) is 58.3 Å². The predicted octanol–water partition coefficient (Wildman–Crippen LogP) is 6.10. The molecular formula is C26H40N2O2. The first-order chi connectivity index (χ1) is 14.3. The van der Waals surface area contributed by atoms with Gasteiger partial charge in [-0.15, -0.1) is 0 Å². The van der Waals surface area contributed by atoms with Crippen LogP contribution in [0.15, 0.2) is 66.9 Å². The number of amides is 1. The van der Waals surface area contributed by atoms with Crippen molar-refractivity contribution in [2.75, 3.05) is 14.1 Å². The fourth-order valence-corrected chi connectivity index (χ4v) is 2.12. The molecule has 166 valence electrons. The summed E-state index contributed by atoms with van der Waals surface area (Å²) >= 11 is 0. The molecule has 0 radical (unpaired) electrons. The lowest BCUT2D eigenvalue weighted by atomic mass is 10.0. The van der Waals surface area contributed by atoms with Crippen molar-refractivity contribution in [2.45, 2.75) is 48.0 Å². The minimum atomic E-state index is -0.157. The first-order valence-electron chi connectivity index (χ1n) is 10.6. The van der Waals surface area contributed by atoms with Gasteiger partial charge < -0.3 is 10.6 Å². The van der Waals surface area contributed by atoms with Gasteiger partial charge in [-0.3, -0.25) is 9.59 Å². The maximum Gasteiger partial charge on any atom is 0.228 e. The fourth-order valence-electron chi connectivity index (χ4n) is 2.12. The minimum Gasteiger partial charge on any atom is -0.391 e. The number of rotatable bonds is 5. The zero-order valence-corrected chi connectivity index (χ0v) is 20.0. The Bertz CT molecular complexity index is 706. The maximum absolute atomic E-state index is 11.1. The molecule has 2 aromatic carbocycles. The summed E-state index contributed by atoms with van der Waals surface area (Å²) in [6.45, 7) is 15.3. The van der Waals surface area contributed by atoms with Crippen molar-refractivity contribution in [2.24, 2.45) is 5.92 Å². The third-order valence-corrected chi connectivity index (χ3v) is 3.88. The number of benzene rings is 2. The van der Waals surface area contributed by atoms with Gasteiger partial charge in [0.25, 0.3) is 0 Å². The molecule has 0 saturated heterocycles. The van der Waals surface area contributed by atoms with Crippen molar-refractivity contribution in [3.63, 3.8) is 0 Å². The van der Waals surface area contributed by atoms with Gasteiger partial charge in [-0.05, 0) is 25.0 Å². The lowest BCUT2D eigenvalue weighted by Gasteiger charge is -2.11. The third-order valence-electron chi connectivity index (χ3n) is 3.88. The van der Waals surface area contributed by atoms with Crippen LogP contribution >= 0.6 is 0 Å². The van der Waals surface area contributed by atoms with Gasteiger partial charge in [0, 0.05) is 25.4 Å². The summed E-state index contributed by atoms with van der Waals surface area (Å²) in [5, 5.41) is 5.36. The second-order valence-electron chi connectivity index (χ2n) is 6.32. The van der Waals surface area contributed by atoms with Gasteiger partial charge >= 0.3 is 0 Å². The molecule has 1 unspecified atom stereocenters. The standard InChI is InChI=1S/C14H12O.C7H14N2O.C3H8.C2H6/c1-11(15)12-7-9-14(10-8-12)13-5-3-2-4-6-13;1-5(6(2)8-3)7(10)9-4;1-3-2;1-2/h2-10H,1H3;5,8H,2H2,1,3-4H3,(H,9,10);3H2,1-2H3;1-2H3. The summed E-state index contributed by atoms with van der Waals surface area (Å²) in [4.78, 5) is 22.0. The van der Waals surface area contributed by atoms with Crippen LogP contribution in [-0.2, 0) is 4.79 Å². The Morgan fingerprint density at radius 2 is 1.30 bits per heavy atom. The van der Waals surface area contributed by atoms with Gasteiger partial charge in [0.15, 0.2) is 5.78 Å². The van der Waals surface area contributed by atoms with Crippen LogP contribution in [0.4, 0.5) is 0 Å². The molecule has 0 saturated carbocycles. The van der Waals surface area contributed by atoms with Crippen molar-refractivity contribution in [1.82, 2.24) is 10.6 Å². The lowest BCUT2D eigenvalue weighted by molar-refractivity contribution is -0.123. The molecule has 30 heavy (non-hydrogen) atoms. The van der Waals surface area contributed by atoms with Gasteiger partial charge in [0.2, 0.25) is 5.91 Å². The first kappa shape index (κ1) is 29.3. The molecule has 2 aromatic rings. The van der Waals surface area contributed by atoms with Gasteiger partial charge in [-0.2, -0.15) is 0 Å². The minimum absolute atomic E-state index is 0.0145. The van der Waals surface area contributed by atoms with Crippen LogP contribution < -0.4 is 10.6 Å². The molecule has 0 aromatic heterocycles. The van der Waals surface area contributed by atoms with Crippen molar-refractivity contribution in [3.8, 4) is 11.1 Å². The third kappa shape index (κ3) is 11.8. The molecule has 1 amide bonds. The number of hydrogen-bond donors (Lipinski definition) is 2. The van der Waals surface area contributed by atoms with E-state index in [1.165, 1.54) is 12.0 Å². The highest BCUT2D eigenvalue weighted by molar-refractivity contribution is 5.94. The summed E-state index contributed by atoms with van der Waals surface area (Å²) in [6.07, 6.45) is 1.25. The molecule has 0 aliphatic carbocycles. The molecular weight excluding hydrogens is 372 g/mol. The highest BCUT2D eigenvalue weighted by Gasteiger charge is 2.12. The molecule has 1 atom stereocenters. The Balaban J connectivity index is 0. The Morgan fingerprint density at radius 1 is 0.867 bits per heavy atom. The topological polar surface area (TPSA) is 58.2 Å². The molecule has 0 aliphatic heterocycles. The van der Waals surface area contributed by atoms with E-state index in [0.717, 1.165) is 16.8 Å². The molecule has 0 bridgehead atoms. The van der Waals surface area contributed by atoms with E-state index < -0.39 is 0 Å². The van der Waals surface area contributed by atoms with Crippen LogP contribution in [-0.4, -0.2) is 25.8 Å². The van der Waals surface area contributed by atoms with Crippen molar-refractivity contribution >= 4 is 11.7 Å². The Hall–Kier alpha value is -2.88. The number of ketones is 1. The summed E-state index contributed by atoms with van der Waals surface area (Å²) in [7, 11) is 3.36. The van der Waals surface area contributed by atoms with Crippen molar-refractivity contribution in [3.05, 3.63) is 72.4 Å². The maximum atomic E-state index is 11.1. The van der Waals surface area contributed by atoms with E-state index in [0.29, 0.717) is 0 Å². The van der Waals surface area contributed by atoms with Crippen LogP contribution in [0.2, 0.25) is 0 Å². The van der Waals surface area contributed by atoms with Crippen LogP contribution in [0, 0.1) is 5.92 Å². The predicted molar refractivity (Wildman–Crippen MR) is 131 cm³/mol. The van der Waals surface area contributed by atoms with Crippen LogP contribution in [0.25, 0.3) is 11.1 Å². The monoisotopic (exact) mass is 412 g/mol. The summed E-state index contributed by atoms with van der Waals surface area (Å²) in [6, 6.07) is 17.8. The van der Waals surface area contributed by atoms with Gasteiger partial charge in [-0.25, -0.2) is 0 Å². The van der Waals surface area contributed by atoms with E-state index in [1.807, 2.05) is 56.3 Å². The van der Waals surface area contributed by atoms with Crippen molar-refractivity contribution in [1.29, 1.82) is 0 Å². The number of Topliss-reactive ketones (excluding diaryl/α,β-unsaturated/α-hetero) is 1. The number of hydrogen-bond acceptors (Lipinski definition) is 3. The van der Waals surface area contributed by atoms with E-state index in [4.69, 9.17) is 0 Å². The second kappa shape index (κ2) is 18.2. The first-order valence-corrected chi connectivity index (χ1v) is 10.6. The molecule has 0 spiro atoms. The SMILES string of the molecule is C=C(NC)C(C)C(=O)NC.CC.CC(=O)c1ccc(-c2ccccc2)cc1.CCC. The average Bonchev–Trinajstić information content (AvgIpc) is 2.80. The zero-order valence-electron chi connectivity index (χ0n) is 20.0. The molecule has 0 heterocycles. The Kier molecular flexibility index (Phi) is 17.8. The smallest absolute Gasteiger partial charge is 0.228 e. The molecule has 2 N–H and O–H groups in total. The summed E-state index contributed by atoms with van der Waals surface area (Å²) in [5.74, 6) is -0.0658. The highest BCUT2D eigenvalue weighted by atomic mass is 16.1. The van der Waals surface area contributed by atoms with Crippen LogP contribution in [0.5, 0.6) is 0 Å². The summed E-state index contributed by atoms with van der Waals surface area (Å²) in [5.41, 5.74) is 3.81. The largest absolute Gasteiger partial charge is 0.391 e. The molecule has 0 fully saturated rings. The highest BCUT2D eigenvalue weighted by Crippen LogP contribution is 2.19. The second-order valence-corrected chi connectivity index (χ2v) is 6.32. The molecule has 4 nitrogen and oxygen atoms in total. The molecule has 2 rings (SSSR count). The lowest BCUT2D eigenvalue weighted by Crippen LogP contribution is -2.29. The van der Waals surface area contributed by atoms with E-state index in [-0.39, 0.29) is 17.6 Å². The van der Waals surface area contributed by atoms with E-state index in [2.05, 4.69) is 43.2 Å². The average molecular weight is 413 g/mol. The Morgan fingerprint density at radius 3 is 1.67 bits per heavy atom. The number of nitrogens with one attached hydrogen (secondary N) is 2.